The van der Waals surface area contributed by atoms with Crippen LogP contribution in [0.5, 0.6) is 0 Å². The summed E-state index contributed by atoms with van der Waals surface area (Å²) < 4.78 is 21.8. The number of rotatable bonds is 2. The minimum Gasteiger partial charge on any atom is -0.374 e. The quantitative estimate of drug-likeness (QED) is 0.709. The Morgan fingerprint density at radius 3 is 2.85 bits per heavy atom. The maximum absolute atomic E-state index is 14.2. The average Bonchev–Trinajstić information content (AvgIpc) is 3.11. The lowest BCUT2D eigenvalue weighted by atomic mass is 9.90. The molecule has 2 aromatic heterocycles. The molecule has 0 amide bonds. The van der Waals surface area contributed by atoms with E-state index < -0.39 is 0 Å². The van der Waals surface area contributed by atoms with Gasteiger partial charge in [0.15, 0.2) is 11.5 Å². The van der Waals surface area contributed by atoms with E-state index in [-0.39, 0.29) is 11.9 Å². The smallest absolute Gasteiger partial charge is 0.188 e. The number of morpholine rings is 1. The van der Waals surface area contributed by atoms with E-state index in [1.54, 1.807) is 22.7 Å². The minimum atomic E-state index is -0.326. The average molecular weight is 353 g/mol. The molecule has 134 valence electrons. The highest BCUT2D eigenvalue weighted by Gasteiger charge is 2.35. The Bertz CT molecular complexity index is 941. The van der Waals surface area contributed by atoms with E-state index in [1.807, 2.05) is 12.1 Å². The predicted octanol–water partition coefficient (Wildman–Crippen LogP) is 3.08. The number of aromatic nitrogens is 4. The molecule has 7 heteroatoms. The lowest BCUT2D eigenvalue weighted by Crippen LogP contribution is -2.53. The molecule has 1 aromatic carbocycles. The summed E-state index contributed by atoms with van der Waals surface area (Å²) in [4.78, 5) is 2.33. The molecule has 6 nitrogen and oxygen atoms in total. The fraction of sp³-hybridized carbons (Fsp3) is 0.421. The molecular weight excluding hydrogens is 333 g/mol. The Morgan fingerprint density at radius 1 is 1.04 bits per heavy atom. The van der Waals surface area contributed by atoms with Crippen molar-refractivity contribution in [3.8, 4) is 11.4 Å². The van der Waals surface area contributed by atoms with Gasteiger partial charge in [0.1, 0.15) is 11.6 Å². The second-order valence-corrected chi connectivity index (χ2v) is 6.92. The van der Waals surface area contributed by atoms with Crippen LogP contribution in [0.15, 0.2) is 36.4 Å². The highest BCUT2D eigenvalue weighted by Crippen LogP contribution is 2.31. The molecule has 0 spiro atoms. The molecule has 2 fully saturated rings. The van der Waals surface area contributed by atoms with Crippen LogP contribution in [0.25, 0.3) is 17.0 Å². The standard InChI is InChI=1S/C19H20FN5O/c20-14-6-2-1-5-13(14)19-22-21-17-9-10-18(23-25(17)19)24-11-12-26-16-8-4-3-7-15(16)24/h1-2,5-6,9-10,15-16H,3-4,7-8,11-12H2. The van der Waals surface area contributed by atoms with Crippen molar-refractivity contribution in [1.82, 2.24) is 19.8 Å². The van der Waals surface area contributed by atoms with Crippen LogP contribution >= 0.6 is 0 Å². The Labute approximate surface area is 150 Å². The van der Waals surface area contributed by atoms with Gasteiger partial charge in [-0.3, -0.25) is 0 Å². The van der Waals surface area contributed by atoms with E-state index in [0.29, 0.717) is 29.7 Å². The number of halogens is 1. The number of hydrogen-bond acceptors (Lipinski definition) is 5. The molecular formula is C19H20FN5O. The predicted molar refractivity (Wildman–Crippen MR) is 95.5 cm³/mol. The van der Waals surface area contributed by atoms with Gasteiger partial charge >= 0.3 is 0 Å². The Morgan fingerprint density at radius 2 is 1.92 bits per heavy atom. The Hall–Kier alpha value is -2.54. The number of anilines is 1. The molecule has 2 unspecified atom stereocenters. The van der Waals surface area contributed by atoms with Crippen molar-refractivity contribution in [2.24, 2.45) is 0 Å². The van der Waals surface area contributed by atoms with Crippen molar-refractivity contribution in [2.75, 3.05) is 18.1 Å². The van der Waals surface area contributed by atoms with Gasteiger partial charge in [0.2, 0.25) is 0 Å². The first kappa shape index (κ1) is 15.7. The first-order valence-electron chi connectivity index (χ1n) is 9.17. The fourth-order valence-electron chi connectivity index (χ4n) is 4.12. The van der Waals surface area contributed by atoms with Gasteiger partial charge < -0.3 is 9.64 Å². The van der Waals surface area contributed by atoms with Crippen LogP contribution in [-0.2, 0) is 4.74 Å². The summed E-state index contributed by atoms with van der Waals surface area (Å²) in [6, 6.07) is 10.8. The molecule has 2 aliphatic rings. The summed E-state index contributed by atoms with van der Waals surface area (Å²) in [5, 5.41) is 13.1. The van der Waals surface area contributed by atoms with Gasteiger partial charge in [-0.25, -0.2) is 4.39 Å². The molecule has 3 aromatic rings. The molecule has 1 saturated carbocycles. The van der Waals surface area contributed by atoms with Gasteiger partial charge in [-0.1, -0.05) is 25.0 Å². The van der Waals surface area contributed by atoms with E-state index in [2.05, 4.69) is 15.1 Å². The van der Waals surface area contributed by atoms with Crippen LogP contribution in [-0.4, -0.2) is 45.1 Å². The zero-order valence-electron chi connectivity index (χ0n) is 14.4. The van der Waals surface area contributed by atoms with Crippen molar-refractivity contribution < 1.29 is 9.13 Å². The van der Waals surface area contributed by atoms with E-state index in [1.165, 1.54) is 18.9 Å². The highest BCUT2D eigenvalue weighted by atomic mass is 19.1. The number of nitrogens with zero attached hydrogens (tertiary/aromatic N) is 5. The normalized spacial score (nSPS) is 23.2. The largest absolute Gasteiger partial charge is 0.374 e. The van der Waals surface area contributed by atoms with Crippen LogP contribution < -0.4 is 4.90 Å². The lowest BCUT2D eigenvalue weighted by Gasteiger charge is -2.44. The van der Waals surface area contributed by atoms with E-state index in [4.69, 9.17) is 9.84 Å². The number of benzene rings is 1. The molecule has 26 heavy (non-hydrogen) atoms. The molecule has 5 rings (SSSR count). The zero-order chi connectivity index (χ0) is 17.5. The molecule has 0 radical (unpaired) electrons. The molecule has 1 aliphatic carbocycles. The van der Waals surface area contributed by atoms with Crippen molar-refractivity contribution in [2.45, 2.75) is 37.8 Å². The first-order chi connectivity index (χ1) is 12.8. The van der Waals surface area contributed by atoms with Gasteiger partial charge in [0, 0.05) is 6.54 Å². The van der Waals surface area contributed by atoms with Crippen LogP contribution in [0.4, 0.5) is 10.2 Å². The van der Waals surface area contributed by atoms with Crippen molar-refractivity contribution in [3.05, 3.63) is 42.2 Å². The maximum Gasteiger partial charge on any atom is 0.188 e. The summed E-state index contributed by atoms with van der Waals surface area (Å²) in [7, 11) is 0. The van der Waals surface area contributed by atoms with Gasteiger partial charge in [0.25, 0.3) is 0 Å². The molecule has 3 heterocycles. The monoisotopic (exact) mass is 353 g/mol. The zero-order valence-corrected chi connectivity index (χ0v) is 14.4. The van der Waals surface area contributed by atoms with Gasteiger partial charge in [-0.05, 0) is 37.1 Å². The minimum absolute atomic E-state index is 0.280. The van der Waals surface area contributed by atoms with E-state index in [9.17, 15) is 4.39 Å². The summed E-state index contributed by atoms with van der Waals surface area (Å²) in [6.45, 7) is 1.53. The second kappa shape index (κ2) is 6.32. The number of fused-ring (bicyclic) bond motifs is 2. The molecule has 0 bridgehead atoms. The van der Waals surface area contributed by atoms with Gasteiger partial charge in [0.05, 0.1) is 24.3 Å². The molecule has 1 aliphatic heterocycles. The number of hydrogen-bond donors (Lipinski definition) is 0. The van der Waals surface area contributed by atoms with Gasteiger partial charge in [-0.15, -0.1) is 15.3 Å². The van der Waals surface area contributed by atoms with Crippen LogP contribution in [0.1, 0.15) is 25.7 Å². The molecule has 2 atom stereocenters. The fourth-order valence-corrected chi connectivity index (χ4v) is 4.12. The van der Waals surface area contributed by atoms with Crippen molar-refractivity contribution in [1.29, 1.82) is 0 Å². The third-order valence-corrected chi connectivity index (χ3v) is 5.39. The summed E-state index contributed by atoms with van der Waals surface area (Å²) in [5.74, 6) is 0.969. The SMILES string of the molecule is Fc1ccccc1-c1nnc2ccc(N3CCOC4CCCCC43)nn12. The first-order valence-corrected chi connectivity index (χ1v) is 9.17. The summed E-state index contributed by atoms with van der Waals surface area (Å²) >= 11 is 0. The Kier molecular flexibility index (Phi) is 3.81. The van der Waals surface area contributed by atoms with E-state index >= 15 is 0 Å². The molecule has 0 N–H and O–H groups in total. The Balaban J connectivity index is 1.57. The lowest BCUT2D eigenvalue weighted by molar-refractivity contribution is -0.00905. The second-order valence-electron chi connectivity index (χ2n) is 6.92. The van der Waals surface area contributed by atoms with Crippen LogP contribution in [0, 0.1) is 5.82 Å². The third kappa shape index (κ3) is 2.54. The van der Waals surface area contributed by atoms with Crippen molar-refractivity contribution >= 4 is 11.5 Å². The van der Waals surface area contributed by atoms with Crippen LogP contribution in [0.3, 0.4) is 0 Å². The van der Waals surface area contributed by atoms with Crippen LogP contribution in [0.2, 0.25) is 0 Å². The summed E-state index contributed by atoms with van der Waals surface area (Å²) in [6.07, 6.45) is 4.95. The van der Waals surface area contributed by atoms with Gasteiger partial charge in [-0.2, -0.15) is 4.52 Å². The van der Waals surface area contributed by atoms with Crippen molar-refractivity contribution in [3.63, 3.8) is 0 Å². The summed E-state index contributed by atoms with van der Waals surface area (Å²) in [5.41, 5.74) is 1.02. The third-order valence-electron chi connectivity index (χ3n) is 5.39. The maximum atomic E-state index is 14.2. The topological polar surface area (TPSA) is 55.5 Å². The number of ether oxygens (including phenoxy) is 1. The molecule has 1 saturated heterocycles. The van der Waals surface area contributed by atoms with E-state index in [0.717, 1.165) is 25.2 Å². The highest BCUT2D eigenvalue weighted by molar-refractivity contribution is 5.60.